The second kappa shape index (κ2) is 9.62. The summed E-state index contributed by atoms with van der Waals surface area (Å²) in [6, 6.07) is 0.516. The van der Waals surface area contributed by atoms with Crippen molar-refractivity contribution >= 4 is 24.3 Å². The molecule has 0 aromatic heterocycles. The topological polar surface area (TPSA) is 87.5 Å². The number of likely N-dealkylation sites (tertiary alicyclic amines) is 1. The molecule has 144 valence electrons. The Balaban J connectivity index is 0.00000225. The maximum atomic E-state index is 12.3. The Kier molecular flexibility index (Phi) is 7.81. The van der Waals surface area contributed by atoms with E-state index in [2.05, 4.69) is 10.6 Å². The van der Waals surface area contributed by atoms with Crippen LogP contribution in [0.25, 0.3) is 0 Å². The van der Waals surface area contributed by atoms with Gasteiger partial charge in [0.15, 0.2) is 0 Å². The maximum absolute atomic E-state index is 12.3. The highest BCUT2D eigenvalue weighted by Crippen LogP contribution is 2.37. The van der Waals surface area contributed by atoms with Gasteiger partial charge in [0.25, 0.3) is 0 Å². The van der Waals surface area contributed by atoms with Crippen molar-refractivity contribution < 1.29 is 9.59 Å². The summed E-state index contributed by atoms with van der Waals surface area (Å²) in [6.07, 6.45) is 9.37. The number of urea groups is 1. The van der Waals surface area contributed by atoms with E-state index in [0.717, 1.165) is 32.4 Å². The summed E-state index contributed by atoms with van der Waals surface area (Å²) in [4.78, 5) is 26.1. The maximum Gasteiger partial charge on any atom is 0.315 e. The van der Waals surface area contributed by atoms with Crippen LogP contribution >= 0.6 is 12.4 Å². The van der Waals surface area contributed by atoms with Crippen molar-refractivity contribution in [2.24, 2.45) is 17.6 Å². The molecule has 1 heterocycles. The van der Waals surface area contributed by atoms with Gasteiger partial charge >= 0.3 is 6.03 Å². The van der Waals surface area contributed by atoms with Crippen molar-refractivity contribution in [3.05, 3.63) is 0 Å². The molecule has 1 aliphatic heterocycles. The molecule has 25 heavy (non-hydrogen) atoms. The summed E-state index contributed by atoms with van der Waals surface area (Å²) in [5.74, 6) is 1.34. The lowest BCUT2D eigenvalue weighted by molar-refractivity contribution is -0.130. The summed E-state index contributed by atoms with van der Waals surface area (Å²) in [6.45, 7) is 2.28. The van der Waals surface area contributed by atoms with Gasteiger partial charge < -0.3 is 21.3 Å². The summed E-state index contributed by atoms with van der Waals surface area (Å²) in [5.41, 5.74) is 6.12. The van der Waals surface area contributed by atoms with E-state index in [-0.39, 0.29) is 30.4 Å². The Hall–Kier alpha value is -1.01. The van der Waals surface area contributed by atoms with Gasteiger partial charge in [-0.3, -0.25) is 4.79 Å². The van der Waals surface area contributed by atoms with Crippen LogP contribution < -0.4 is 16.4 Å². The van der Waals surface area contributed by atoms with Crippen molar-refractivity contribution in [1.82, 2.24) is 15.5 Å². The minimum absolute atomic E-state index is 0. The Morgan fingerprint density at radius 2 is 1.80 bits per heavy atom. The molecule has 3 amide bonds. The number of halogens is 1. The van der Waals surface area contributed by atoms with Gasteiger partial charge in [0.05, 0.1) is 0 Å². The second-order valence-electron chi connectivity index (χ2n) is 7.80. The molecule has 2 aliphatic carbocycles. The average molecular weight is 373 g/mol. The van der Waals surface area contributed by atoms with Gasteiger partial charge in [-0.25, -0.2) is 4.79 Å². The second-order valence-corrected chi connectivity index (χ2v) is 7.80. The Labute approximate surface area is 157 Å². The number of hydrogen-bond acceptors (Lipinski definition) is 3. The van der Waals surface area contributed by atoms with Gasteiger partial charge in [0.1, 0.15) is 0 Å². The number of carbonyl (C=O) groups is 2. The van der Waals surface area contributed by atoms with Gasteiger partial charge in [-0.2, -0.15) is 0 Å². The lowest BCUT2D eigenvalue weighted by Crippen LogP contribution is -2.43. The molecule has 0 spiro atoms. The first-order chi connectivity index (χ1) is 11.6. The van der Waals surface area contributed by atoms with E-state index in [0.29, 0.717) is 37.3 Å². The monoisotopic (exact) mass is 372 g/mol. The van der Waals surface area contributed by atoms with Gasteiger partial charge in [-0.05, 0) is 43.9 Å². The fraction of sp³-hybridized carbons (Fsp3) is 0.889. The minimum atomic E-state index is -0.0870. The van der Waals surface area contributed by atoms with E-state index in [9.17, 15) is 9.59 Å². The number of nitrogens with two attached hydrogens (primary N) is 1. The van der Waals surface area contributed by atoms with Crippen LogP contribution in [-0.2, 0) is 4.79 Å². The smallest absolute Gasteiger partial charge is 0.315 e. The summed E-state index contributed by atoms with van der Waals surface area (Å²) < 4.78 is 0. The summed E-state index contributed by atoms with van der Waals surface area (Å²) >= 11 is 0. The molecule has 4 N–H and O–H groups in total. The molecule has 3 rings (SSSR count). The zero-order valence-electron chi connectivity index (χ0n) is 15.0. The Bertz CT molecular complexity index is 456. The highest BCUT2D eigenvalue weighted by Gasteiger charge is 2.42. The number of hydrogen-bond donors (Lipinski definition) is 3. The fourth-order valence-corrected chi connectivity index (χ4v) is 4.59. The SMILES string of the molecule is Cl.NC1CCC2CN(C(=O)CCCNC(=O)NC3CCCCC3)CC12. The molecule has 0 bridgehead atoms. The first kappa shape index (κ1) is 20.3. The van der Waals surface area contributed by atoms with E-state index in [4.69, 9.17) is 5.73 Å². The molecule has 0 aromatic carbocycles. The van der Waals surface area contributed by atoms with Crippen LogP contribution in [0.15, 0.2) is 0 Å². The van der Waals surface area contributed by atoms with Gasteiger partial charge in [0, 0.05) is 38.1 Å². The van der Waals surface area contributed by atoms with Crippen LogP contribution in [0, 0.1) is 11.8 Å². The summed E-state index contributed by atoms with van der Waals surface area (Å²) in [7, 11) is 0. The molecule has 3 fully saturated rings. The van der Waals surface area contributed by atoms with Crippen molar-refractivity contribution in [3.8, 4) is 0 Å². The molecular formula is C18H33ClN4O2. The molecule has 1 saturated heterocycles. The highest BCUT2D eigenvalue weighted by molar-refractivity contribution is 5.85. The van der Waals surface area contributed by atoms with Crippen LogP contribution in [0.3, 0.4) is 0 Å². The Morgan fingerprint density at radius 3 is 2.52 bits per heavy atom. The molecule has 0 radical (unpaired) electrons. The fourth-order valence-electron chi connectivity index (χ4n) is 4.59. The predicted octanol–water partition coefficient (Wildman–Crippen LogP) is 2.02. The molecule has 3 atom stereocenters. The van der Waals surface area contributed by atoms with E-state index in [1.807, 2.05) is 4.90 Å². The predicted molar refractivity (Wildman–Crippen MR) is 101 cm³/mol. The van der Waals surface area contributed by atoms with Crippen molar-refractivity contribution in [2.45, 2.75) is 69.9 Å². The molecule has 2 saturated carbocycles. The standard InChI is InChI=1S/C18H32N4O2.ClH/c19-16-9-8-13-11-22(12-15(13)16)17(23)7-4-10-20-18(24)21-14-5-2-1-3-6-14;/h13-16H,1-12,19H2,(H2,20,21,24);1H. The van der Waals surface area contributed by atoms with Gasteiger partial charge in [-0.15, -0.1) is 12.4 Å². The molecular weight excluding hydrogens is 340 g/mol. The van der Waals surface area contributed by atoms with Crippen LogP contribution in [0.1, 0.15) is 57.8 Å². The number of carbonyl (C=O) groups excluding carboxylic acids is 2. The van der Waals surface area contributed by atoms with Crippen LogP contribution in [-0.4, -0.2) is 48.6 Å². The first-order valence-electron chi connectivity index (χ1n) is 9.71. The number of rotatable bonds is 5. The molecule has 3 aliphatic rings. The molecule has 3 unspecified atom stereocenters. The third-order valence-corrected chi connectivity index (χ3v) is 6.06. The number of nitrogens with zero attached hydrogens (tertiary/aromatic N) is 1. The van der Waals surface area contributed by atoms with Crippen molar-refractivity contribution in [3.63, 3.8) is 0 Å². The molecule has 7 heteroatoms. The average Bonchev–Trinajstić information content (AvgIpc) is 3.15. The van der Waals surface area contributed by atoms with Gasteiger partial charge in [0.2, 0.25) is 5.91 Å². The lowest BCUT2D eigenvalue weighted by Gasteiger charge is -2.23. The highest BCUT2D eigenvalue weighted by atomic mass is 35.5. The normalized spacial score (nSPS) is 29.0. The zero-order valence-corrected chi connectivity index (χ0v) is 15.9. The summed E-state index contributed by atoms with van der Waals surface area (Å²) in [5, 5.41) is 5.92. The van der Waals surface area contributed by atoms with E-state index >= 15 is 0 Å². The first-order valence-corrected chi connectivity index (χ1v) is 9.71. The zero-order chi connectivity index (χ0) is 16.9. The largest absolute Gasteiger partial charge is 0.342 e. The molecule has 6 nitrogen and oxygen atoms in total. The quantitative estimate of drug-likeness (QED) is 0.645. The number of nitrogens with one attached hydrogen (secondary N) is 2. The van der Waals surface area contributed by atoms with Crippen LogP contribution in [0.5, 0.6) is 0 Å². The van der Waals surface area contributed by atoms with Gasteiger partial charge in [-0.1, -0.05) is 19.3 Å². The third kappa shape index (κ3) is 5.48. The van der Waals surface area contributed by atoms with E-state index in [1.54, 1.807) is 0 Å². The van der Waals surface area contributed by atoms with Crippen molar-refractivity contribution in [1.29, 1.82) is 0 Å². The van der Waals surface area contributed by atoms with Crippen molar-refractivity contribution in [2.75, 3.05) is 19.6 Å². The van der Waals surface area contributed by atoms with E-state index in [1.165, 1.54) is 25.7 Å². The van der Waals surface area contributed by atoms with Crippen LogP contribution in [0.4, 0.5) is 4.79 Å². The van der Waals surface area contributed by atoms with Crippen LogP contribution in [0.2, 0.25) is 0 Å². The number of fused-ring (bicyclic) bond motifs is 1. The number of amides is 3. The van der Waals surface area contributed by atoms with E-state index < -0.39 is 0 Å². The lowest BCUT2D eigenvalue weighted by atomic mass is 9.96. The molecule has 0 aromatic rings. The minimum Gasteiger partial charge on any atom is -0.342 e. The Morgan fingerprint density at radius 1 is 1.04 bits per heavy atom. The third-order valence-electron chi connectivity index (χ3n) is 6.06.